The van der Waals surface area contributed by atoms with E-state index in [-0.39, 0.29) is 0 Å². The van der Waals surface area contributed by atoms with Crippen LogP contribution >= 0.6 is 7.26 Å². The topological polar surface area (TPSA) is 9.23 Å². The van der Waals surface area contributed by atoms with Gasteiger partial charge in [0.25, 0.3) is 0 Å². The van der Waals surface area contributed by atoms with Crippen LogP contribution in [0.25, 0.3) is 0 Å². The summed E-state index contributed by atoms with van der Waals surface area (Å²) in [5.41, 5.74) is 0. The SMILES string of the molecule is CC=C(CC)OC1=C([PH](c2ccccc2)(c2ccccc2)c2ccccc2)CCC1. The van der Waals surface area contributed by atoms with Crippen LogP contribution in [-0.4, -0.2) is 0 Å². The fourth-order valence-corrected chi connectivity index (χ4v) is 10.1. The van der Waals surface area contributed by atoms with Crippen LogP contribution in [0.15, 0.2) is 114 Å². The molecule has 0 spiro atoms. The fourth-order valence-electron chi connectivity index (χ4n) is 4.81. The Hall–Kier alpha value is -2.63. The van der Waals surface area contributed by atoms with Crippen LogP contribution in [0.1, 0.15) is 39.5 Å². The van der Waals surface area contributed by atoms with Crippen LogP contribution in [-0.2, 0) is 4.74 Å². The summed E-state index contributed by atoms with van der Waals surface area (Å²) in [6.45, 7) is 4.24. The number of allylic oxidation sites excluding steroid dienone is 4. The van der Waals surface area contributed by atoms with Crippen LogP contribution in [0, 0.1) is 0 Å². The fraction of sp³-hybridized carbons (Fsp3) is 0.214. The van der Waals surface area contributed by atoms with Crippen molar-refractivity contribution in [2.24, 2.45) is 0 Å². The summed E-state index contributed by atoms with van der Waals surface area (Å²) in [6.07, 6.45) is 6.31. The molecule has 0 atom stereocenters. The Morgan fingerprint density at radius 1 is 0.767 bits per heavy atom. The zero-order valence-electron chi connectivity index (χ0n) is 18.0. The summed E-state index contributed by atoms with van der Waals surface area (Å²) in [5.74, 6) is 2.27. The van der Waals surface area contributed by atoms with Crippen molar-refractivity contribution >= 4 is 23.2 Å². The van der Waals surface area contributed by atoms with Gasteiger partial charge in [0.05, 0.1) is 0 Å². The Morgan fingerprint density at radius 3 is 1.63 bits per heavy atom. The summed E-state index contributed by atoms with van der Waals surface area (Å²) >= 11 is 0. The maximum absolute atomic E-state index is 6.57. The van der Waals surface area contributed by atoms with E-state index in [2.05, 4.69) is 111 Å². The Labute approximate surface area is 181 Å². The molecule has 0 aliphatic heterocycles. The quantitative estimate of drug-likeness (QED) is 0.319. The summed E-state index contributed by atoms with van der Waals surface area (Å²) < 4.78 is 6.57. The van der Waals surface area contributed by atoms with Crippen molar-refractivity contribution in [1.82, 2.24) is 0 Å². The van der Waals surface area contributed by atoms with E-state index in [1.165, 1.54) is 27.0 Å². The van der Waals surface area contributed by atoms with Crippen LogP contribution in [0.5, 0.6) is 0 Å². The average Bonchev–Trinajstić information content (AvgIpc) is 3.28. The van der Waals surface area contributed by atoms with Gasteiger partial charge in [0.2, 0.25) is 0 Å². The van der Waals surface area contributed by atoms with E-state index in [9.17, 15) is 0 Å². The van der Waals surface area contributed by atoms with Gasteiger partial charge in [-0.25, -0.2) is 0 Å². The normalized spacial score (nSPS) is 15.3. The molecule has 1 aliphatic carbocycles. The van der Waals surface area contributed by atoms with Crippen molar-refractivity contribution < 1.29 is 4.74 Å². The van der Waals surface area contributed by atoms with Crippen molar-refractivity contribution in [3.05, 3.63) is 114 Å². The third-order valence-electron chi connectivity index (χ3n) is 6.17. The number of benzene rings is 3. The Morgan fingerprint density at radius 2 is 1.23 bits per heavy atom. The molecule has 1 nitrogen and oxygen atoms in total. The van der Waals surface area contributed by atoms with E-state index >= 15 is 0 Å². The van der Waals surface area contributed by atoms with E-state index in [4.69, 9.17) is 4.74 Å². The Balaban J connectivity index is 2.05. The molecule has 1 aliphatic rings. The van der Waals surface area contributed by atoms with Crippen LogP contribution in [0.2, 0.25) is 0 Å². The van der Waals surface area contributed by atoms with E-state index in [0.29, 0.717) is 0 Å². The first-order valence-electron chi connectivity index (χ1n) is 11.0. The first-order valence-corrected chi connectivity index (χ1v) is 13.0. The van der Waals surface area contributed by atoms with Crippen molar-refractivity contribution in [2.75, 3.05) is 0 Å². The van der Waals surface area contributed by atoms with Gasteiger partial charge in [0.15, 0.2) is 0 Å². The Bertz CT molecular complexity index is 923. The third-order valence-corrected chi connectivity index (χ3v) is 11.2. The van der Waals surface area contributed by atoms with Crippen molar-refractivity contribution in [3.8, 4) is 0 Å². The second-order valence-corrected chi connectivity index (χ2v) is 11.6. The van der Waals surface area contributed by atoms with Gasteiger partial charge >= 0.3 is 181 Å². The van der Waals surface area contributed by atoms with Crippen molar-refractivity contribution in [2.45, 2.75) is 39.5 Å². The van der Waals surface area contributed by atoms with Gasteiger partial charge in [-0.1, -0.05) is 0 Å². The molecule has 0 fully saturated rings. The average molecular weight is 415 g/mol. The minimum atomic E-state index is -2.42. The molecule has 0 unspecified atom stereocenters. The molecule has 154 valence electrons. The van der Waals surface area contributed by atoms with E-state index in [1.807, 2.05) is 0 Å². The van der Waals surface area contributed by atoms with Gasteiger partial charge in [-0.3, -0.25) is 0 Å². The molecule has 0 amide bonds. The van der Waals surface area contributed by atoms with Gasteiger partial charge in [-0.15, -0.1) is 0 Å². The molecule has 3 aromatic carbocycles. The molecular formula is C28H31OP. The third kappa shape index (κ3) is 3.75. The molecule has 0 radical (unpaired) electrons. The first-order chi connectivity index (χ1) is 14.8. The summed E-state index contributed by atoms with van der Waals surface area (Å²) in [7, 11) is -2.42. The van der Waals surface area contributed by atoms with E-state index in [1.54, 1.807) is 0 Å². The molecule has 0 N–H and O–H groups in total. The van der Waals surface area contributed by atoms with Crippen LogP contribution < -0.4 is 15.9 Å². The van der Waals surface area contributed by atoms with Gasteiger partial charge < -0.3 is 0 Å². The molecular weight excluding hydrogens is 383 g/mol. The summed E-state index contributed by atoms with van der Waals surface area (Å²) in [4.78, 5) is 0. The van der Waals surface area contributed by atoms with Crippen molar-refractivity contribution in [3.63, 3.8) is 0 Å². The minimum absolute atomic E-state index is 0.920. The first kappa shape index (κ1) is 20.6. The number of rotatable bonds is 7. The van der Waals surface area contributed by atoms with Gasteiger partial charge in [0, 0.05) is 0 Å². The van der Waals surface area contributed by atoms with Gasteiger partial charge in [0.1, 0.15) is 0 Å². The predicted octanol–water partition coefficient (Wildman–Crippen LogP) is 6.44. The molecule has 0 saturated heterocycles. The molecule has 0 heterocycles. The molecule has 4 rings (SSSR count). The molecule has 3 aromatic rings. The summed E-state index contributed by atoms with van der Waals surface area (Å²) in [5, 5.41) is 5.82. The number of hydrogen-bond donors (Lipinski definition) is 0. The van der Waals surface area contributed by atoms with Crippen LogP contribution in [0.3, 0.4) is 0 Å². The molecule has 0 saturated carbocycles. The van der Waals surface area contributed by atoms with Crippen molar-refractivity contribution in [1.29, 1.82) is 0 Å². The number of ether oxygens (including phenoxy) is 1. The zero-order valence-corrected chi connectivity index (χ0v) is 19.0. The second-order valence-electron chi connectivity index (χ2n) is 7.81. The predicted molar refractivity (Wildman–Crippen MR) is 133 cm³/mol. The Kier molecular flexibility index (Phi) is 6.50. The standard InChI is InChI=1S/C28H31OP/c1-3-23(4-2)29-27-21-14-22-28(27)30(24-15-8-5-9-16-24,25-17-10-6-11-18-25)26-19-12-7-13-20-26/h3,5-13,15-20,30H,4,14,21-22H2,1-2H3. The maximum atomic E-state index is 6.57. The molecule has 30 heavy (non-hydrogen) atoms. The molecule has 0 aromatic heterocycles. The van der Waals surface area contributed by atoms with Gasteiger partial charge in [-0.05, 0) is 0 Å². The molecule has 2 heteroatoms. The van der Waals surface area contributed by atoms with Crippen LogP contribution in [0.4, 0.5) is 0 Å². The number of hydrogen-bond acceptors (Lipinski definition) is 1. The second kappa shape index (κ2) is 9.45. The monoisotopic (exact) mass is 414 g/mol. The van der Waals surface area contributed by atoms with E-state index in [0.717, 1.165) is 31.4 Å². The van der Waals surface area contributed by atoms with E-state index < -0.39 is 7.26 Å². The molecule has 0 bridgehead atoms. The zero-order chi connectivity index (χ0) is 20.8. The summed E-state index contributed by atoms with van der Waals surface area (Å²) in [6, 6.07) is 33.4. The van der Waals surface area contributed by atoms with Gasteiger partial charge in [-0.2, -0.15) is 0 Å².